The smallest absolute Gasteiger partial charge is 0.298 e. The highest BCUT2D eigenvalue weighted by molar-refractivity contribution is 5.90. The number of halogens is 3. The van der Waals surface area contributed by atoms with E-state index in [0.717, 1.165) is 31.4 Å². The molecular formula is C24H29F3N6O. The van der Waals surface area contributed by atoms with E-state index in [1.165, 1.54) is 12.1 Å². The molecule has 0 saturated carbocycles. The van der Waals surface area contributed by atoms with Crippen molar-refractivity contribution in [2.75, 3.05) is 44.0 Å². The van der Waals surface area contributed by atoms with Gasteiger partial charge in [-0.1, -0.05) is 12.1 Å². The van der Waals surface area contributed by atoms with E-state index in [4.69, 9.17) is 5.11 Å². The molecule has 4 rings (SSSR count). The van der Waals surface area contributed by atoms with Gasteiger partial charge in [0.05, 0.1) is 23.3 Å². The lowest BCUT2D eigenvalue weighted by Crippen LogP contribution is -2.31. The van der Waals surface area contributed by atoms with E-state index in [0.29, 0.717) is 28.6 Å². The van der Waals surface area contributed by atoms with Crippen molar-refractivity contribution < 1.29 is 18.3 Å². The maximum absolute atomic E-state index is 15.0. The zero-order chi connectivity index (χ0) is 24.6. The van der Waals surface area contributed by atoms with Gasteiger partial charge >= 0.3 is 0 Å². The summed E-state index contributed by atoms with van der Waals surface area (Å²) in [6.45, 7) is 3.69. The third-order valence-corrected chi connectivity index (χ3v) is 6.34. The van der Waals surface area contributed by atoms with Gasteiger partial charge in [0, 0.05) is 30.1 Å². The van der Waals surface area contributed by atoms with E-state index in [9.17, 15) is 13.2 Å². The van der Waals surface area contributed by atoms with Crippen molar-refractivity contribution >= 4 is 22.5 Å². The number of nitrogens with one attached hydrogen (secondary N) is 1. The third-order valence-electron chi connectivity index (χ3n) is 6.34. The van der Waals surface area contributed by atoms with Crippen molar-refractivity contribution in [3.63, 3.8) is 0 Å². The van der Waals surface area contributed by atoms with E-state index in [-0.39, 0.29) is 5.56 Å². The van der Waals surface area contributed by atoms with Gasteiger partial charge in [0.15, 0.2) is 0 Å². The largest absolute Gasteiger partial charge is 0.390 e. The van der Waals surface area contributed by atoms with Crippen LogP contribution in [0.15, 0.2) is 30.5 Å². The number of aliphatic hydroxyl groups is 1. The molecule has 34 heavy (non-hydrogen) atoms. The number of fused-ring (bicyclic) bond motifs is 1. The summed E-state index contributed by atoms with van der Waals surface area (Å²) in [6, 6.07) is 5.47. The van der Waals surface area contributed by atoms with Gasteiger partial charge in [0.25, 0.3) is 5.92 Å². The molecule has 3 heterocycles. The molecule has 1 aromatic carbocycles. The fourth-order valence-corrected chi connectivity index (χ4v) is 4.33. The van der Waals surface area contributed by atoms with Crippen LogP contribution in [0, 0.1) is 12.7 Å². The van der Waals surface area contributed by atoms with Crippen molar-refractivity contribution in [3.8, 4) is 0 Å². The van der Waals surface area contributed by atoms with Crippen molar-refractivity contribution in [2.45, 2.75) is 38.3 Å². The van der Waals surface area contributed by atoms with Crippen LogP contribution in [0.1, 0.15) is 36.3 Å². The van der Waals surface area contributed by atoms with Gasteiger partial charge in [-0.2, -0.15) is 8.78 Å². The molecule has 2 N–H and O–H groups in total. The second kappa shape index (κ2) is 9.34. The average Bonchev–Trinajstić information content (AvgIpc) is 3.29. The van der Waals surface area contributed by atoms with Crippen LogP contribution in [0.3, 0.4) is 0 Å². The Balaban J connectivity index is 1.67. The van der Waals surface area contributed by atoms with Gasteiger partial charge in [0.1, 0.15) is 29.9 Å². The Hall–Kier alpha value is -2.98. The van der Waals surface area contributed by atoms with Gasteiger partial charge in [0.2, 0.25) is 0 Å². The highest BCUT2D eigenvalue weighted by Gasteiger charge is 2.35. The van der Waals surface area contributed by atoms with Crippen LogP contribution in [-0.4, -0.2) is 64.8 Å². The van der Waals surface area contributed by atoms with Gasteiger partial charge in [-0.15, -0.1) is 0 Å². The summed E-state index contributed by atoms with van der Waals surface area (Å²) in [5, 5.41) is 12.9. The molecule has 2 atom stereocenters. The number of hydrogen-bond donors (Lipinski definition) is 2. The van der Waals surface area contributed by atoms with E-state index >= 15 is 0 Å². The summed E-state index contributed by atoms with van der Waals surface area (Å²) in [7, 11) is 4.12. The molecule has 1 saturated heterocycles. The first-order valence-electron chi connectivity index (χ1n) is 11.2. The highest BCUT2D eigenvalue weighted by Crippen LogP contribution is 2.34. The number of aromatic nitrogens is 3. The number of likely N-dealkylation sites (N-methyl/N-ethyl adjacent to an activating group) is 1. The molecule has 0 spiro atoms. The molecule has 3 aromatic rings. The average molecular weight is 475 g/mol. The Bertz CT molecular complexity index is 1190. The maximum atomic E-state index is 15.0. The first kappa shape index (κ1) is 24.2. The maximum Gasteiger partial charge on any atom is 0.298 e. The van der Waals surface area contributed by atoms with Crippen LogP contribution in [0.2, 0.25) is 0 Å². The Labute approximate surface area is 196 Å². The lowest BCUT2D eigenvalue weighted by Gasteiger charge is -2.22. The summed E-state index contributed by atoms with van der Waals surface area (Å²) in [5.41, 5.74) is -0.145. The quantitative estimate of drug-likeness (QED) is 0.538. The van der Waals surface area contributed by atoms with E-state index in [1.807, 2.05) is 6.07 Å². The summed E-state index contributed by atoms with van der Waals surface area (Å²) >= 11 is 0. The number of aliphatic hydroxyl groups excluding tert-OH is 1. The first-order valence-corrected chi connectivity index (χ1v) is 11.2. The van der Waals surface area contributed by atoms with Crippen molar-refractivity contribution in [1.82, 2.24) is 19.9 Å². The molecule has 182 valence electrons. The highest BCUT2D eigenvalue weighted by atomic mass is 19.3. The summed E-state index contributed by atoms with van der Waals surface area (Å²) in [5.74, 6) is -2.94. The lowest BCUT2D eigenvalue weighted by atomic mass is 10.00. The molecule has 0 aliphatic carbocycles. The van der Waals surface area contributed by atoms with Crippen molar-refractivity contribution in [1.29, 1.82) is 0 Å². The fraction of sp³-hybridized carbons (Fsp3) is 0.458. The number of pyridine rings is 1. The zero-order valence-corrected chi connectivity index (χ0v) is 19.7. The number of benzene rings is 1. The standard InChI is InChI=1S/C24H29F3N6O/c1-14(17-6-5-7-19(22(17)25)24(26,27)13-34)29-23-18-10-21(28-11-20(18)30-15(2)31-23)33-9-8-16(12-33)32(3)4/h5-7,10-11,14,16,34H,8-9,12-13H2,1-4H3,(H,29,30,31)/t14?,16-/m1/s1. The Morgan fingerprint density at radius 1 is 1.29 bits per heavy atom. The molecule has 0 amide bonds. The predicted molar refractivity (Wildman–Crippen MR) is 126 cm³/mol. The van der Waals surface area contributed by atoms with Crippen LogP contribution in [0.25, 0.3) is 10.9 Å². The summed E-state index contributed by atoms with van der Waals surface area (Å²) in [6.07, 6.45) is 2.73. The van der Waals surface area contributed by atoms with Crippen LogP contribution in [0.4, 0.5) is 24.8 Å². The molecule has 10 heteroatoms. The van der Waals surface area contributed by atoms with E-state index < -0.39 is 30.0 Å². The number of nitrogens with zero attached hydrogens (tertiary/aromatic N) is 5. The normalized spacial score (nSPS) is 17.6. The van der Waals surface area contributed by atoms with E-state index in [1.54, 1.807) is 20.0 Å². The molecule has 1 aliphatic heterocycles. The van der Waals surface area contributed by atoms with Crippen LogP contribution < -0.4 is 10.2 Å². The first-order chi connectivity index (χ1) is 16.1. The van der Waals surface area contributed by atoms with Gasteiger partial charge in [-0.05, 0) is 46.5 Å². The number of anilines is 2. The van der Waals surface area contributed by atoms with E-state index in [2.05, 4.69) is 44.2 Å². The molecule has 7 nitrogen and oxygen atoms in total. The molecule has 1 aliphatic rings. The minimum atomic E-state index is -3.67. The fourth-order valence-electron chi connectivity index (χ4n) is 4.33. The number of hydrogen-bond acceptors (Lipinski definition) is 7. The number of aryl methyl sites for hydroxylation is 1. The monoisotopic (exact) mass is 474 g/mol. The number of alkyl halides is 2. The molecule has 0 bridgehead atoms. The lowest BCUT2D eigenvalue weighted by molar-refractivity contribution is -0.0583. The molecule has 1 unspecified atom stereocenters. The molecule has 2 aromatic heterocycles. The predicted octanol–water partition coefficient (Wildman–Crippen LogP) is 3.87. The Kier molecular flexibility index (Phi) is 6.64. The number of rotatable bonds is 7. The van der Waals surface area contributed by atoms with Crippen molar-refractivity contribution in [3.05, 3.63) is 53.2 Å². The van der Waals surface area contributed by atoms with Crippen LogP contribution >= 0.6 is 0 Å². The van der Waals surface area contributed by atoms with Crippen molar-refractivity contribution in [2.24, 2.45) is 0 Å². The Morgan fingerprint density at radius 2 is 2.06 bits per heavy atom. The molecular weight excluding hydrogens is 445 g/mol. The third kappa shape index (κ3) is 4.65. The summed E-state index contributed by atoms with van der Waals surface area (Å²) < 4.78 is 43.0. The molecule has 1 fully saturated rings. The second-order valence-corrected chi connectivity index (χ2v) is 8.97. The minimum absolute atomic E-state index is 0.0534. The zero-order valence-electron chi connectivity index (χ0n) is 19.7. The van der Waals surface area contributed by atoms with Crippen LogP contribution in [0.5, 0.6) is 0 Å². The Morgan fingerprint density at radius 3 is 2.74 bits per heavy atom. The van der Waals surface area contributed by atoms with Gasteiger partial charge in [-0.3, -0.25) is 0 Å². The van der Waals surface area contributed by atoms with Gasteiger partial charge < -0.3 is 20.2 Å². The second-order valence-electron chi connectivity index (χ2n) is 8.97. The summed E-state index contributed by atoms with van der Waals surface area (Å²) in [4.78, 5) is 18.0. The molecule has 0 radical (unpaired) electrons. The van der Waals surface area contributed by atoms with Crippen LogP contribution in [-0.2, 0) is 5.92 Å². The SMILES string of the molecule is Cc1nc(NC(C)c2cccc(C(F)(F)CO)c2F)c2cc(N3CC[C@@H](N(C)C)C3)ncc2n1. The topological polar surface area (TPSA) is 77.4 Å². The van der Waals surface area contributed by atoms with Gasteiger partial charge in [-0.25, -0.2) is 19.3 Å². The minimum Gasteiger partial charge on any atom is -0.390 e.